The first-order chi connectivity index (χ1) is 9.11. The number of nitriles is 1. The van der Waals surface area contributed by atoms with E-state index in [0.29, 0.717) is 17.1 Å². The molecule has 0 fully saturated rings. The maximum Gasteiger partial charge on any atom is 0.151 e. The number of anilines is 2. The van der Waals surface area contributed by atoms with Crippen molar-refractivity contribution in [2.75, 3.05) is 11.1 Å². The number of pyridine rings is 1. The van der Waals surface area contributed by atoms with Crippen LogP contribution in [0.4, 0.5) is 15.9 Å². The highest BCUT2D eigenvalue weighted by Crippen LogP contribution is 2.24. The molecular formula is C14H13FN4. The van der Waals surface area contributed by atoms with E-state index < -0.39 is 0 Å². The van der Waals surface area contributed by atoms with Gasteiger partial charge in [0.15, 0.2) is 5.82 Å². The van der Waals surface area contributed by atoms with Gasteiger partial charge in [0, 0.05) is 6.20 Å². The molecule has 5 heteroatoms. The Morgan fingerprint density at radius 1 is 1.42 bits per heavy atom. The van der Waals surface area contributed by atoms with Crippen molar-refractivity contribution in [1.29, 1.82) is 5.26 Å². The maximum absolute atomic E-state index is 13.2. The van der Waals surface area contributed by atoms with Gasteiger partial charge >= 0.3 is 0 Å². The number of rotatable bonds is 3. The highest BCUT2D eigenvalue weighted by molar-refractivity contribution is 5.69. The second-order valence-electron chi connectivity index (χ2n) is 4.15. The molecule has 0 saturated carbocycles. The quantitative estimate of drug-likeness (QED) is 0.885. The van der Waals surface area contributed by atoms with Gasteiger partial charge in [-0.25, -0.2) is 9.37 Å². The van der Waals surface area contributed by atoms with Crippen molar-refractivity contribution in [2.24, 2.45) is 0 Å². The summed E-state index contributed by atoms with van der Waals surface area (Å²) in [5.74, 6) is 0.133. The molecule has 0 radical (unpaired) electrons. The van der Waals surface area contributed by atoms with Crippen molar-refractivity contribution >= 4 is 11.5 Å². The van der Waals surface area contributed by atoms with Gasteiger partial charge in [-0.2, -0.15) is 5.26 Å². The largest absolute Gasteiger partial charge is 0.395 e. The number of halogens is 1. The van der Waals surface area contributed by atoms with Crippen LogP contribution >= 0.6 is 0 Å². The molecule has 1 aromatic carbocycles. The maximum atomic E-state index is 13.2. The lowest BCUT2D eigenvalue weighted by molar-refractivity contribution is 0.623. The summed E-state index contributed by atoms with van der Waals surface area (Å²) >= 11 is 0. The first kappa shape index (κ1) is 12.8. The van der Waals surface area contributed by atoms with Crippen LogP contribution in [0, 0.1) is 17.1 Å². The second kappa shape index (κ2) is 5.36. The molecule has 0 aliphatic heterocycles. The lowest BCUT2D eigenvalue weighted by atomic mass is 10.1. The molecule has 0 bridgehead atoms. The fourth-order valence-corrected chi connectivity index (χ4v) is 1.75. The standard InChI is InChI=1S/C14H13FN4/c1-9(10-3-2-4-12(15)7-10)19-14-13(17)11(8-16)5-6-18-14/h2-7,9H,17H2,1H3,(H,18,19). The molecule has 2 rings (SSSR count). The van der Waals surface area contributed by atoms with Crippen molar-refractivity contribution in [3.63, 3.8) is 0 Å². The number of benzene rings is 1. The molecule has 1 atom stereocenters. The van der Waals surface area contributed by atoms with E-state index in [1.807, 2.05) is 19.1 Å². The Kier molecular flexibility index (Phi) is 3.62. The van der Waals surface area contributed by atoms with E-state index in [9.17, 15) is 4.39 Å². The van der Waals surface area contributed by atoms with Crippen LogP contribution in [0.2, 0.25) is 0 Å². The minimum Gasteiger partial charge on any atom is -0.395 e. The Hall–Kier alpha value is -2.61. The smallest absolute Gasteiger partial charge is 0.151 e. The van der Waals surface area contributed by atoms with Gasteiger partial charge in [-0.05, 0) is 30.7 Å². The van der Waals surface area contributed by atoms with Crippen LogP contribution in [-0.2, 0) is 0 Å². The van der Waals surface area contributed by atoms with E-state index in [1.165, 1.54) is 18.3 Å². The van der Waals surface area contributed by atoms with Gasteiger partial charge in [-0.15, -0.1) is 0 Å². The molecule has 3 N–H and O–H groups in total. The molecule has 0 spiro atoms. The van der Waals surface area contributed by atoms with Crippen molar-refractivity contribution in [1.82, 2.24) is 4.98 Å². The molecule has 1 aromatic heterocycles. The number of hydrogen-bond acceptors (Lipinski definition) is 4. The van der Waals surface area contributed by atoms with Crippen LogP contribution in [0.25, 0.3) is 0 Å². The molecule has 4 nitrogen and oxygen atoms in total. The van der Waals surface area contributed by atoms with Crippen LogP contribution in [-0.4, -0.2) is 4.98 Å². The van der Waals surface area contributed by atoms with E-state index in [4.69, 9.17) is 11.0 Å². The van der Waals surface area contributed by atoms with Gasteiger partial charge in [0.2, 0.25) is 0 Å². The van der Waals surface area contributed by atoms with E-state index in [0.717, 1.165) is 5.56 Å². The number of nitrogens with one attached hydrogen (secondary N) is 1. The average Bonchev–Trinajstić information content (AvgIpc) is 2.41. The zero-order valence-electron chi connectivity index (χ0n) is 10.4. The third-order valence-corrected chi connectivity index (χ3v) is 2.81. The first-order valence-electron chi connectivity index (χ1n) is 5.78. The van der Waals surface area contributed by atoms with Crippen LogP contribution in [0.15, 0.2) is 36.5 Å². The molecule has 1 unspecified atom stereocenters. The molecule has 0 saturated heterocycles. The third kappa shape index (κ3) is 2.80. The van der Waals surface area contributed by atoms with Crippen molar-refractivity contribution < 1.29 is 4.39 Å². The molecule has 0 aliphatic rings. The van der Waals surface area contributed by atoms with Gasteiger partial charge in [0.25, 0.3) is 0 Å². The van der Waals surface area contributed by atoms with Crippen molar-refractivity contribution in [2.45, 2.75) is 13.0 Å². The summed E-state index contributed by atoms with van der Waals surface area (Å²) in [4.78, 5) is 4.09. The molecule has 2 aromatic rings. The van der Waals surface area contributed by atoms with Gasteiger partial charge in [0.05, 0.1) is 17.3 Å². The summed E-state index contributed by atoms with van der Waals surface area (Å²) in [7, 11) is 0. The number of nitrogen functional groups attached to an aromatic ring is 1. The molecule has 19 heavy (non-hydrogen) atoms. The third-order valence-electron chi connectivity index (χ3n) is 2.81. The van der Waals surface area contributed by atoms with Gasteiger partial charge in [-0.1, -0.05) is 12.1 Å². The summed E-state index contributed by atoms with van der Waals surface area (Å²) in [6, 6.07) is 9.66. The van der Waals surface area contributed by atoms with E-state index >= 15 is 0 Å². The Morgan fingerprint density at radius 3 is 2.89 bits per heavy atom. The van der Waals surface area contributed by atoms with Gasteiger partial charge in [-0.3, -0.25) is 0 Å². The number of aromatic nitrogens is 1. The highest BCUT2D eigenvalue weighted by atomic mass is 19.1. The summed E-state index contributed by atoms with van der Waals surface area (Å²) in [6.45, 7) is 1.87. The molecular weight excluding hydrogens is 243 g/mol. The van der Waals surface area contributed by atoms with Crippen molar-refractivity contribution in [3.8, 4) is 6.07 Å². The van der Waals surface area contributed by atoms with E-state index in [-0.39, 0.29) is 11.9 Å². The number of nitrogens with two attached hydrogens (primary N) is 1. The minimum absolute atomic E-state index is 0.167. The van der Waals surface area contributed by atoms with Crippen LogP contribution in [0.3, 0.4) is 0 Å². The second-order valence-corrected chi connectivity index (χ2v) is 4.15. The van der Waals surface area contributed by atoms with E-state index in [2.05, 4.69) is 10.3 Å². The summed E-state index contributed by atoms with van der Waals surface area (Å²) in [5, 5.41) is 12.0. The minimum atomic E-state index is -0.294. The van der Waals surface area contributed by atoms with Crippen LogP contribution < -0.4 is 11.1 Å². The highest BCUT2D eigenvalue weighted by Gasteiger charge is 2.11. The lowest BCUT2D eigenvalue weighted by Crippen LogP contribution is -2.10. The topological polar surface area (TPSA) is 74.7 Å². The summed E-state index contributed by atoms with van der Waals surface area (Å²) in [6.07, 6.45) is 1.51. The zero-order chi connectivity index (χ0) is 13.8. The van der Waals surface area contributed by atoms with Crippen LogP contribution in [0.5, 0.6) is 0 Å². The fraction of sp³-hybridized carbons (Fsp3) is 0.143. The predicted molar refractivity (Wildman–Crippen MR) is 71.8 cm³/mol. The Balaban J connectivity index is 2.25. The predicted octanol–water partition coefficient (Wildman–Crippen LogP) is 2.85. The normalized spacial score (nSPS) is 11.6. The first-order valence-corrected chi connectivity index (χ1v) is 5.78. The lowest BCUT2D eigenvalue weighted by Gasteiger charge is -2.16. The molecule has 0 aliphatic carbocycles. The summed E-state index contributed by atoms with van der Waals surface area (Å²) in [5.41, 5.74) is 7.27. The Morgan fingerprint density at radius 2 is 2.21 bits per heavy atom. The number of nitrogens with zero attached hydrogens (tertiary/aromatic N) is 2. The fourth-order valence-electron chi connectivity index (χ4n) is 1.75. The summed E-state index contributed by atoms with van der Waals surface area (Å²) < 4.78 is 13.2. The molecule has 96 valence electrons. The molecule has 1 heterocycles. The zero-order valence-corrected chi connectivity index (χ0v) is 10.4. The molecule has 0 amide bonds. The van der Waals surface area contributed by atoms with Gasteiger partial charge in [0.1, 0.15) is 11.9 Å². The number of hydrogen-bond donors (Lipinski definition) is 2. The SMILES string of the molecule is CC(Nc1nccc(C#N)c1N)c1cccc(F)c1. The monoisotopic (exact) mass is 256 g/mol. The average molecular weight is 256 g/mol. The Bertz CT molecular complexity index is 634. The van der Waals surface area contributed by atoms with Crippen LogP contribution in [0.1, 0.15) is 24.1 Å². The van der Waals surface area contributed by atoms with Crippen molar-refractivity contribution in [3.05, 3.63) is 53.5 Å². The van der Waals surface area contributed by atoms with Gasteiger partial charge < -0.3 is 11.1 Å². The Labute approximate surface area is 110 Å². The van der Waals surface area contributed by atoms with E-state index in [1.54, 1.807) is 12.1 Å².